The number of aryl methyl sites for hydroxylation is 1. The quantitative estimate of drug-likeness (QED) is 0.777. The van der Waals surface area contributed by atoms with Gasteiger partial charge in [0.15, 0.2) is 0 Å². The van der Waals surface area contributed by atoms with Crippen molar-refractivity contribution in [1.82, 2.24) is 9.97 Å². The van der Waals surface area contributed by atoms with Crippen LogP contribution in [0.15, 0.2) is 6.33 Å². The average molecular weight is 356 g/mol. The number of thiophene rings is 1. The molecule has 0 amide bonds. The summed E-state index contributed by atoms with van der Waals surface area (Å²) in [4.78, 5) is 11.6. The Morgan fingerprint density at radius 1 is 1.39 bits per heavy atom. The molecule has 1 aliphatic carbocycles. The third-order valence-corrected chi connectivity index (χ3v) is 5.32. The van der Waals surface area contributed by atoms with E-state index in [9.17, 15) is 0 Å². The van der Waals surface area contributed by atoms with E-state index in [0.717, 1.165) is 42.6 Å². The first-order valence-electron chi connectivity index (χ1n) is 8.26. The number of fused-ring (bicyclic) bond motifs is 3. The van der Waals surface area contributed by atoms with Crippen LogP contribution >= 0.6 is 23.7 Å². The standard InChI is InChI=1S/C17H25N3OS.ClH/c1-11(2)21-8-4-7-18-16-15-13-6-5-12(3)9-14(13)22-17(15)20-10-19-16;/h10-12H,4-9H2,1-3H3,(H,18,19,20);1H. The maximum absolute atomic E-state index is 5.58. The Labute approximate surface area is 148 Å². The van der Waals surface area contributed by atoms with Gasteiger partial charge in [0.25, 0.3) is 0 Å². The molecule has 2 heterocycles. The Balaban J connectivity index is 0.00000192. The number of ether oxygens (including phenoxy) is 1. The van der Waals surface area contributed by atoms with Crippen molar-refractivity contribution in [3.63, 3.8) is 0 Å². The van der Waals surface area contributed by atoms with Crippen molar-refractivity contribution in [3.8, 4) is 0 Å². The van der Waals surface area contributed by atoms with E-state index < -0.39 is 0 Å². The van der Waals surface area contributed by atoms with Gasteiger partial charge in [-0.05, 0) is 51.0 Å². The molecule has 0 bridgehead atoms. The highest BCUT2D eigenvalue weighted by Crippen LogP contribution is 2.39. The Kier molecular flexibility index (Phi) is 6.62. The van der Waals surface area contributed by atoms with Gasteiger partial charge in [0.1, 0.15) is 17.0 Å². The lowest BCUT2D eigenvalue weighted by molar-refractivity contribution is 0.0787. The second kappa shape index (κ2) is 8.27. The summed E-state index contributed by atoms with van der Waals surface area (Å²) in [5, 5.41) is 4.75. The molecule has 0 saturated heterocycles. The van der Waals surface area contributed by atoms with Crippen LogP contribution in [0.4, 0.5) is 5.82 Å². The highest BCUT2D eigenvalue weighted by Gasteiger charge is 2.22. The molecular weight excluding hydrogens is 330 g/mol. The van der Waals surface area contributed by atoms with Gasteiger partial charge in [-0.2, -0.15) is 0 Å². The molecule has 4 nitrogen and oxygen atoms in total. The number of halogens is 1. The van der Waals surface area contributed by atoms with Gasteiger partial charge in [0.2, 0.25) is 0 Å². The molecule has 1 N–H and O–H groups in total. The van der Waals surface area contributed by atoms with Crippen molar-refractivity contribution in [1.29, 1.82) is 0 Å². The molecule has 0 aromatic carbocycles. The normalized spacial score (nSPS) is 17.1. The summed E-state index contributed by atoms with van der Waals surface area (Å²) < 4.78 is 5.58. The molecule has 6 heteroatoms. The van der Waals surface area contributed by atoms with Crippen molar-refractivity contribution in [2.75, 3.05) is 18.5 Å². The van der Waals surface area contributed by atoms with Gasteiger partial charge < -0.3 is 10.1 Å². The minimum atomic E-state index is 0. The Bertz CT molecular complexity index is 644. The van der Waals surface area contributed by atoms with Gasteiger partial charge in [0, 0.05) is 18.0 Å². The lowest BCUT2D eigenvalue weighted by Gasteiger charge is -2.18. The molecule has 0 spiro atoms. The third kappa shape index (κ3) is 4.34. The summed E-state index contributed by atoms with van der Waals surface area (Å²) in [6, 6.07) is 0. The van der Waals surface area contributed by atoms with E-state index in [-0.39, 0.29) is 12.4 Å². The van der Waals surface area contributed by atoms with E-state index in [4.69, 9.17) is 4.74 Å². The second-order valence-electron chi connectivity index (χ2n) is 6.45. The molecule has 0 radical (unpaired) electrons. The van der Waals surface area contributed by atoms with Gasteiger partial charge in [-0.3, -0.25) is 0 Å². The van der Waals surface area contributed by atoms with Crippen LogP contribution < -0.4 is 5.32 Å². The van der Waals surface area contributed by atoms with Crippen LogP contribution in [-0.4, -0.2) is 29.2 Å². The average Bonchev–Trinajstić information content (AvgIpc) is 2.84. The van der Waals surface area contributed by atoms with Gasteiger partial charge in [-0.1, -0.05) is 6.92 Å². The van der Waals surface area contributed by atoms with Gasteiger partial charge in [-0.15, -0.1) is 23.7 Å². The van der Waals surface area contributed by atoms with Gasteiger partial charge >= 0.3 is 0 Å². The lowest BCUT2D eigenvalue weighted by atomic mass is 9.89. The molecular formula is C17H26ClN3OS. The highest BCUT2D eigenvalue weighted by atomic mass is 35.5. The lowest BCUT2D eigenvalue weighted by Crippen LogP contribution is -2.11. The molecule has 1 unspecified atom stereocenters. The number of rotatable bonds is 6. The fraction of sp³-hybridized carbons (Fsp3) is 0.647. The van der Waals surface area contributed by atoms with Gasteiger partial charge in [-0.25, -0.2) is 9.97 Å². The van der Waals surface area contributed by atoms with Crippen molar-refractivity contribution < 1.29 is 4.74 Å². The molecule has 2 aromatic rings. The summed E-state index contributed by atoms with van der Waals surface area (Å²) in [5.74, 6) is 1.79. The zero-order valence-corrected chi connectivity index (χ0v) is 15.7. The summed E-state index contributed by atoms with van der Waals surface area (Å²) in [5.41, 5.74) is 1.49. The largest absolute Gasteiger partial charge is 0.379 e. The van der Waals surface area contributed by atoms with Crippen molar-refractivity contribution in [3.05, 3.63) is 16.8 Å². The molecule has 1 atom stereocenters. The molecule has 128 valence electrons. The van der Waals surface area contributed by atoms with Crippen LogP contribution in [0, 0.1) is 5.92 Å². The van der Waals surface area contributed by atoms with Crippen LogP contribution in [0.25, 0.3) is 10.2 Å². The van der Waals surface area contributed by atoms with E-state index >= 15 is 0 Å². The van der Waals surface area contributed by atoms with Crippen molar-refractivity contribution in [2.24, 2.45) is 5.92 Å². The fourth-order valence-electron chi connectivity index (χ4n) is 3.01. The SMILES string of the molecule is CC1CCc2c(sc3ncnc(NCCCOC(C)C)c23)C1.Cl. The molecule has 3 rings (SSSR count). The van der Waals surface area contributed by atoms with Crippen molar-refractivity contribution >= 4 is 39.8 Å². The van der Waals surface area contributed by atoms with Crippen LogP contribution in [0.5, 0.6) is 0 Å². The maximum atomic E-state index is 5.58. The van der Waals surface area contributed by atoms with E-state index in [2.05, 4.69) is 36.1 Å². The molecule has 23 heavy (non-hydrogen) atoms. The first-order chi connectivity index (χ1) is 10.6. The van der Waals surface area contributed by atoms with Gasteiger partial charge in [0.05, 0.1) is 11.5 Å². The number of nitrogens with one attached hydrogen (secondary N) is 1. The predicted octanol–water partition coefficient (Wildman–Crippen LogP) is 4.46. The fourth-order valence-corrected chi connectivity index (χ4v) is 4.36. The van der Waals surface area contributed by atoms with E-state index in [1.54, 1.807) is 6.33 Å². The number of hydrogen-bond donors (Lipinski definition) is 1. The van der Waals surface area contributed by atoms with E-state index in [0.29, 0.717) is 6.10 Å². The number of anilines is 1. The Hall–Kier alpha value is -0.910. The zero-order valence-electron chi connectivity index (χ0n) is 14.1. The first kappa shape index (κ1) is 18.4. The zero-order chi connectivity index (χ0) is 15.5. The predicted molar refractivity (Wildman–Crippen MR) is 100 cm³/mol. The maximum Gasteiger partial charge on any atom is 0.138 e. The first-order valence-corrected chi connectivity index (χ1v) is 9.07. The monoisotopic (exact) mass is 355 g/mol. The minimum absolute atomic E-state index is 0. The molecule has 0 aliphatic heterocycles. The van der Waals surface area contributed by atoms with Crippen LogP contribution in [0.3, 0.4) is 0 Å². The van der Waals surface area contributed by atoms with Crippen molar-refractivity contribution in [2.45, 2.75) is 52.6 Å². The number of aromatic nitrogens is 2. The van der Waals surface area contributed by atoms with Crippen LogP contribution in [0.2, 0.25) is 0 Å². The Morgan fingerprint density at radius 3 is 3.00 bits per heavy atom. The molecule has 0 saturated carbocycles. The molecule has 0 fully saturated rings. The van der Waals surface area contributed by atoms with Crippen LogP contribution in [-0.2, 0) is 17.6 Å². The Morgan fingerprint density at radius 2 is 2.22 bits per heavy atom. The summed E-state index contributed by atoms with van der Waals surface area (Å²) in [6.45, 7) is 8.16. The summed E-state index contributed by atoms with van der Waals surface area (Å²) >= 11 is 1.85. The summed E-state index contributed by atoms with van der Waals surface area (Å²) in [7, 11) is 0. The highest BCUT2D eigenvalue weighted by molar-refractivity contribution is 7.19. The molecule has 1 aliphatic rings. The topological polar surface area (TPSA) is 47.0 Å². The van der Waals surface area contributed by atoms with E-state index in [1.807, 2.05) is 11.3 Å². The number of nitrogens with zero attached hydrogens (tertiary/aromatic N) is 2. The molecule has 2 aromatic heterocycles. The smallest absolute Gasteiger partial charge is 0.138 e. The second-order valence-corrected chi connectivity index (χ2v) is 7.54. The number of hydrogen-bond acceptors (Lipinski definition) is 5. The van der Waals surface area contributed by atoms with E-state index in [1.165, 1.54) is 28.7 Å². The summed E-state index contributed by atoms with van der Waals surface area (Å²) in [6.07, 6.45) is 6.60. The van der Waals surface area contributed by atoms with Crippen LogP contribution in [0.1, 0.15) is 44.1 Å². The minimum Gasteiger partial charge on any atom is -0.379 e. The third-order valence-electron chi connectivity index (χ3n) is 4.16.